The van der Waals surface area contributed by atoms with Crippen molar-refractivity contribution >= 4 is 5.97 Å². The van der Waals surface area contributed by atoms with Crippen molar-refractivity contribution in [2.45, 2.75) is 25.7 Å². The molecule has 1 aromatic heterocycles. The zero-order valence-corrected chi connectivity index (χ0v) is 8.19. The number of H-pyrrole nitrogens is 1. The fourth-order valence-electron chi connectivity index (χ4n) is 1.68. The number of aromatic nitrogens is 2. The number of hydrogen-bond acceptors (Lipinski definition) is 3. The summed E-state index contributed by atoms with van der Waals surface area (Å²) in [5, 5.41) is 8.72. The van der Waals surface area contributed by atoms with Crippen molar-refractivity contribution in [3.05, 3.63) is 27.9 Å². The van der Waals surface area contributed by atoms with Gasteiger partial charge in [0.15, 0.2) is 5.69 Å². The Kier molecular flexibility index (Phi) is 2.53. The summed E-state index contributed by atoms with van der Waals surface area (Å²) < 4.78 is 0. The molecule has 1 saturated carbocycles. The maximum absolute atomic E-state index is 11.1. The van der Waals surface area contributed by atoms with Crippen LogP contribution in [0.25, 0.3) is 0 Å². The van der Waals surface area contributed by atoms with Gasteiger partial charge in [-0.25, -0.2) is 9.78 Å². The SMILES string of the molecule is O=C(O)c1cc(=O)[nH]c(CC2CCC2)n1. The van der Waals surface area contributed by atoms with Gasteiger partial charge < -0.3 is 10.1 Å². The first kappa shape index (κ1) is 9.89. The Hall–Kier alpha value is -1.65. The number of carbonyl (C=O) groups is 1. The minimum absolute atomic E-state index is 0.173. The number of nitrogens with zero attached hydrogens (tertiary/aromatic N) is 1. The molecule has 0 aromatic carbocycles. The van der Waals surface area contributed by atoms with Crippen molar-refractivity contribution in [2.24, 2.45) is 5.92 Å². The summed E-state index contributed by atoms with van der Waals surface area (Å²) >= 11 is 0. The molecular formula is C10H12N2O3. The number of aromatic amines is 1. The van der Waals surface area contributed by atoms with Crippen LogP contribution in [0, 0.1) is 5.92 Å². The lowest BCUT2D eigenvalue weighted by Gasteiger charge is -2.24. The molecule has 5 nitrogen and oxygen atoms in total. The van der Waals surface area contributed by atoms with Gasteiger partial charge in [-0.05, 0) is 5.92 Å². The molecule has 80 valence electrons. The van der Waals surface area contributed by atoms with Gasteiger partial charge in [-0.1, -0.05) is 19.3 Å². The van der Waals surface area contributed by atoms with Gasteiger partial charge in [0.05, 0.1) is 0 Å². The van der Waals surface area contributed by atoms with Crippen LogP contribution in [-0.4, -0.2) is 21.0 Å². The van der Waals surface area contributed by atoms with E-state index in [4.69, 9.17) is 5.11 Å². The van der Waals surface area contributed by atoms with E-state index in [0.717, 1.165) is 18.9 Å². The number of carboxylic acids is 1. The van der Waals surface area contributed by atoms with Crippen LogP contribution in [0.1, 0.15) is 35.6 Å². The van der Waals surface area contributed by atoms with Gasteiger partial charge in [0.2, 0.25) is 0 Å². The summed E-state index contributed by atoms with van der Waals surface area (Å²) in [5.41, 5.74) is -0.565. The lowest BCUT2D eigenvalue weighted by atomic mass is 9.83. The first-order valence-electron chi connectivity index (χ1n) is 4.98. The summed E-state index contributed by atoms with van der Waals surface area (Å²) in [6, 6.07) is 1.01. The lowest BCUT2D eigenvalue weighted by molar-refractivity contribution is 0.0689. The van der Waals surface area contributed by atoms with Gasteiger partial charge in [-0.3, -0.25) is 4.79 Å². The minimum atomic E-state index is -1.16. The standard InChI is InChI=1S/C10H12N2O3/c13-9-5-7(10(14)15)11-8(12-9)4-6-2-1-3-6/h5-6H,1-4H2,(H,14,15)(H,11,12,13). The fraction of sp³-hybridized carbons (Fsp3) is 0.500. The van der Waals surface area contributed by atoms with E-state index in [0.29, 0.717) is 18.2 Å². The highest BCUT2D eigenvalue weighted by atomic mass is 16.4. The zero-order valence-electron chi connectivity index (χ0n) is 8.19. The molecule has 0 amide bonds. The van der Waals surface area contributed by atoms with Crippen LogP contribution in [-0.2, 0) is 6.42 Å². The van der Waals surface area contributed by atoms with Crippen molar-refractivity contribution in [1.82, 2.24) is 9.97 Å². The van der Waals surface area contributed by atoms with Gasteiger partial charge >= 0.3 is 5.97 Å². The summed E-state index contributed by atoms with van der Waals surface area (Å²) in [6.07, 6.45) is 4.17. The van der Waals surface area contributed by atoms with E-state index < -0.39 is 11.5 Å². The molecule has 2 N–H and O–H groups in total. The van der Waals surface area contributed by atoms with Crippen LogP contribution in [0.15, 0.2) is 10.9 Å². The highest BCUT2D eigenvalue weighted by Gasteiger charge is 2.19. The van der Waals surface area contributed by atoms with Crippen LogP contribution in [0.3, 0.4) is 0 Å². The molecule has 1 aliphatic rings. The molecule has 2 rings (SSSR count). The Bertz CT molecular complexity index is 435. The smallest absolute Gasteiger partial charge is 0.354 e. The van der Waals surface area contributed by atoms with Crippen LogP contribution in [0.4, 0.5) is 0 Å². The van der Waals surface area contributed by atoms with Gasteiger partial charge in [0, 0.05) is 12.5 Å². The predicted octanol–water partition coefficient (Wildman–Crippen LogP) is 0.811. The first-order chi connectivity index (χ1) is 7.15. The van der Waals surface area contributed by atoms with E-state index >= 15 is 0 Å². The van der Waals surface area contributed by atoms with Crippen LogP contribution < -0.4 is 5.56 Å². The Balaban J connectivity index is 2.22. The van der Waals surface area contributed by atoms with Crippen LogP contribution in [0.5, 0.6) is 0 Å². The molecule has 1 aromatic rings. The lowest BCUT2D eigenvalue weighted by Crippen LogP contribution is -2.20. The van der Waals surface area contributed by atoms with Crippen LogP contribution >= 0.6 is 0 Å². The van der Waals surface area contributed by atoms with Crippen LogP contribution in [0.2, 0.25) is 0 Å². The second-order valence-electron chi connectivity index (χ2n) is 3.88. The van der Waals surface area contributed by atoms with Crippen molar-refractivity contribution in [1.29, 1.82) is 0 Å². The molecule has 1 fully saturated rings. The average Bonchev–Trinajstić information content (AvgIpc) is 2.10. The highest BCUT2D eigenvalue weighted by Crippen LogP contribution is 2.28. The maximum Gasteiger partial charge on any atom is 0.354 e. The molecule has 0 unspecified atom stereocenters. The van der Waals surface area contributed by atoms with Crippen molar-refractivity contribution in [2.75, 3.05) is 0 Å². The quantitative estimate of drug-likeness (QED) is 0.770. The number of carboxylic acid groups (broad SMARTS) is 1. The largest absolute Gasteiger partial charge is 0.477 e. The Morgan fingerprint density at radius 3 is 2.87 bits per heavy atom. The average molecular weight is 208 g/mol. The van der Waals surface area contributed by atoms with E-state index in [2.05, 4.69) is 9.97 Å². The van der Waals surface area contributed by atoms with Gasteiger partial charge in [-0.15, -0.1) is 0 Å². The topological polar surface area (TPSA) is 83.0 Å². The molecule has 0 radical (unpaired) electrons. The Labute approximate surface area is 86.2 Å². The third-order valence-corrected chi connectivity index (χ3v) is 2.72. The molecule has 0 spiro atoms. The molecular weight excluding hydrogens is 196 g/mol. The number of nitrogens with one attached hydrogen (secondary N) is 1. The van der Waals surface area contributed by atoms with Gasteiger partial charge in [0.1, 0.15) is 5.82 Å². The Morgan fingerprint density at radius 2 is 2.33 bits per heavy atom. The van der Waals surface area contributed by atoms with Crippen molar-refractivity contribution < 1.29 is 9.90 Å². The molecule has 5 heteroatoms. The summed E-state index contributed by atoms with van der Waals surface area (Å²) in [7, 11) is 0. The molecule has 1 heterocycles. The molecule has 0 aliphatic heterocycles. The Morgan fingerprint density at radius 1 is 1.60 bits per heavy atom. The molecule has 0 saturated heterocycles. The number of aromatic carboxylic acids is 1. The monoisotopic (exact) mass is 208 g/mol. The summed E-state index contributed by atoms with van der Waals surface area (Å²) in [5.74, 6) is -0.113. The molecule has 15 heavy (non-hydrogen) atoms. The minimum Gasteiger partial charge on any atom is -0.477 e. The maximum atomic E-state index is 11.1. The molecule has 0 atom stereocenters. The second kappa shape index (κ2) is 3.84. The van der Waals surface area contributed by atoms with E-state index in [1.165, 1.54) is 6.42 Å². The predicted molar refractivity (Wildman–Crippen MR) is 52.9 cm³/mol. The molecule has 1 aliphatic carbocycles. The first-order valence-corrected chi connectivity index (χ1v) is 4.98. The van der Waals surface area contributed by atoms with E-state index in [1.54, 1.807) is 0 Å². The summed E-state index contributed by atoms with van der Waals surface area (Å²) in [4.78, 5) is 28.3. The molecule has 0 bridgehead atoms. The van der Waals surface area contributed by atoms with Crippen molar-refractivity contribution in [3.63, 3.8) is 0 Å². The fourth-order valence-corrected chi connectivity index (χ4v) is 1.68. The highest BCUT2D eigenvalue weighted by molar-refractivity contribution is 5.85. The zero-order chi connectivity index (χ0) is 10.8. The normalized spacial score (nSPS) is 16.0. The second-order valence-corrected chi connectivity index (χ2v) is 3.88. The van der Waals surface area contributed by atoms with Crippen molar-refractivity contribution in [3.8, 4) is 0 Å². The summed E-state index contributed by atoms with van der Waals surface area (Å²) in [6.45, 7) is 0. The van der Waals surface area contributed by atoms with Gasteiger partial charge in [0.25, 0.3) is 5.56 Å². The third kappa shape index (κ3) is 2.23. The number of hydrogen-bond donors (Lipinski definition) is 2. The van der Waals surface area contributed by atoms with E-state index in [9.17, 15) is 9.59 Å². The number of rotatable bonds is 3. The third-order valence-electron chi connectivity index (χ3n) is 2.72. The van der Waals surface area contributed by atoms with E-state index in [-0.39, 0.29) is 5.69 Å². The van der Waals surface area contributed by atoms with Gasteiger partial charge in [-0.2, -0.15) is 0 Å². The van der Waals surface area contributed by atoms with E-state index in [1.807, 2.05) is 0 Å².